The predicted molar refractivity (Wildman–Crippen MR) is 258 cm³/mol. The quantitative estimate of drug-likeness (QED) is 0.151. The number of fused-ring (bicyclic) bond motifs is 4. The first-order valence-corrected chi connectivity index (χ1v) is 21.3. The number of allylic oxidation sites excluding steroid dienone is 3. The lowest BCUT2D eigenvalue weighted by atomic mass is 9.89. The van der Waals surface area contributed by atoms with E-state index in [0.29, 0.717) is 0 Å². The van der Waals surface area contributed by atoms with Crippen molar-refractivity contribution in [1.82, 2.24) is 10.6 Å². The Hall–Kier alpha value is -7.10. The van der Waals surface area contributed by atoms with Crippen molar-refractivity contribution < 1.29 is 0 Å². The average molecular weight is 778 g/mol. The average Bonchev–Trinajstić information content (AvgIpc) is 3.33. The van der Waals surface area contributed by atoms with Gasteiger partial charge in [0.05, 0.1) is 12.1 Å². The minimum absolute atomic E-state index is 0.0656. The summed E-state index contributed by atoms with van der Waals surface area (Å²) < 4.78 is 0. The standard InChI is InChI=1S/C55H45N3.C2H6/c1-37-54(28-30-57-55(37)44-27-26-40-13-6-7-14-42(40)31-44)58(49-17-4-3-5-18-49)38(2)39-22-24-41(25-23-39)46-32-47(45-16-12-29-56-36-45)34-48(33-46)53-35-43-15-8-9-19-50(43)51-20-10-11-21-52(51)53;1-2/h3-28,30-36,38,55-57H,29H2,1-2H3;1-2H3. The number of hydrogen-bond donors (Lipinski definition) is 2. The Morgan fingerprint density at radius 3 is 2.00 bits per heavy atom. The van der Waals surface area contributed by atoms with Crippen LogP contribution in [0.25, 0.3) is 60.1 Å². The Kier molecular flexibility index (Phi) is 10.9. The van der Waals surface area contributed by atoms with Crippen LogP contribution in [0.4, 0.5) is 5.69 Å². The summed E-state index contributed by atoms with van der Waals surface area (Å²) in [6.07, 6.45) is 10.9. The molecule has 2 N–H and O–H groups in total. The number of benzene rings is 8. The maximum Gasteiger partial charge on any atom is 0.0742 e. The Morgan fingerprint density at radius 2 is 1.23 bits per heavy atom. The molecule has 8 aromatic carbocycles. The minimum Gasteiger partial charge on any atom is -0.387 e. The van der Waals surface area contributed by atoms with E-state index >= 15 is 0 Å². The molecule has 0 amide bonds. The van der Waals surface area contributed by atoms with E-state index in [2.05, 4.69) is 230 Å². The molecule has 2 unspecified atom stereocenters. The van der Waals surface area contributed by atoms with Gasteiger partial charge in [-0.3, -0.25) is 0 Å². The molecule has 10 rings (SSSR count). The van der Waals surface area contributed by atoms with Crippen molar-refractivity contribution in [2.45, 2.75) is 39.8 Å². The highest BCUT2D eigenvalue weighted by atomic mass is 15.2. The molecule has 2 atom stereocenters. The summed E-state index contributed by atoms with van der Waals surface area (Å²) in [4.78, 5) is 2.49. The van der Waals surface area contributed by atoms with Crippen molar-refractivity contribution in [1.29, 1.82) is 0 Å². The molecule has 2 aliphatic rings. The molecule has 3 nitrogen and oxygen atoms in total. The molecular weight excluding hydrogens is 727 g/mol. The highest BCUT2D eigenvalue weighted by Crippen LogP contribution is 2.41. The summed E-state index contributed by atoms with van der Waals surface area (Å²) in [5, 5.41) is 14.7. The van der Waals surface area contributed by atoms with Crippen molar-refractivity contribution in [3.63, 3.8) is 0 Å². The molecule has 60 heavy (non-hydrogen) atoms. The van der Waals surface area contributed by atoms with Gasteiger partial charge >= 0.3 is 0 Å². The van der Waals surface area contributed by atoms with Crippen molar-refractivity contribution in [3.8, 4) is 22.3 Å². The summed E-state index contributed by atoms with van der Waals surface area (Å²) in [6, 6.07) is 62.6. The smallest absolute Gasteiger partial charge is 0.0742 e. The van der Waals surface area contributed by atoms with Gasteiger partial charge in [-0.2, -0.15) is 0 Å². The molecule has 2 heterocycles. The number of dihydropyridines is 2. The van der Waals surface area contributed by atoms with Crippen LogP contribution >= 0.6 is 0 Å². The highest BCUT2D eigenvalue weighted by molar-refractivity contribution is 6.14. The maximum atomic E-state index is 3.68. The second-order valence-electron chi connectivity index (χ2n) is 15.5. The van der Waals surface area contributed by atoms with E-state index in [1.54, 1.807) is 0 Å². The molecule has 0 fully saturated rings. The zero-order chi connectivity index (χ0) is 41.0. The third-order valence-corrected chi connectivity index (χ3v) is 12.0. The van der Waals surface area contributed by atoms with E-state index in [9.17, 15) is 0 Å². The van der Waals surface area contributed by atoms with Gasteiger partial charge in [-0.05, 0) is 151 Å². The Morgan fingerprint density at radius 1 is 0.567 bits per heavy atom. The van der Waals surface area contributed by atoms with Crippen LogP contribution in [-0.4, -0.2) is 6.54 Å². The fourth-order valence-corrected chi connectivity index (χ4v) is 8.95. The normalized spacial score (nSPS) is 15.2. The first kappa shape index (κ1) is 38.4. The highest BCUT2D eigenvalue weighted by Gasteiger charge is 2.26. The van der Waals surface area contributed by atoms with E-state index in [1.807, 2.05) is 13.8 Å². The van der Waals surface area contributed by atoms with Crippen molar-refractivity contribution in [3.05, 3.63) is 228 Å². The van der Waals surface area contributed by atoms with Crippen LogP contribution in [-0.2, 0) is 0 Å². The molecule has 2 aliphatic heterocycles. The van der Waals surface area contributed by atoms with Crippen LogP contribution in [0.5, 0.6) is 0 Å². The van der Waals surface area contributed by atoms with Gasteiger partial charge in [0.25, 0.3) is 0 Å². The summed E-state index contributed by atoms with van der Waals surface area (Å²) in [6.45, 7) is 9.44. The SMILES string of the molecule is CC.CC1=C(N(c2ccccc2)C(C)c2ccc(-c3cc(C4=CNCC=C4)cc(-c4cc5ccccc5c5ccccc45)c3)cc2)C=CNC1c1ccc2ccccc2c1. The minimum atomic E-state index is 0.0656. The van der Waals surface area contributed by atoms with Gasteiger partial charge in [0.15, 0.2) is 0 Å². The van der Waals surface area contributed by atoms with Crippen LogP contribution < -0.4 is 15.5 Å². The largest absolute Gasteiger partial charge is 0.387 e. The van der Waals surface area contributed by atoms with E-state index in [0.717, 1.165) is 6.54 Å². The molecule has 0 bridgehead atoms. The van der Waals surface area contributed by atoms with Crippen molar-refractivity contribution in [2.75, 3.05) is 11.4 Å². The van der Waals surface area contributed by atoms with Crippen molar-refractivity contribution in [2.24, 2.45) is 0 Å². The predicted octanol–water partition coefficient (Wildman–Crippen LogP) is 14.7. The van der Waals surface area contributed by atoms with Crippen LogP contribution in [0.2, 0.25) is 0 Å². The summed E-state index contributed by atoms with van der Waals surface area (Å²) in [7, 11) is 0. The number of hydrogen-bond acceptors (Lipinski definition) is 3. The Balaban J connectivity index is 0.00000228. The fraction of sp³-hybridized carbons (Fsp3) is 0.123. The molecule has 0 spiro atoms. The number of anilines is 1. The molecule has 8 aromatic rings. The van der Waals surface area contributed by atoms with Gasteiger partial charge in [0, 0.05) is 24.1 Å². The van der Waals surface area contributed by atoms with Gasteiger partial charge in [0.2, 0.25) is 0 Å². The Bertz CT molecular complexity index is 2950. The van der Waals surface area contributed by atoms with Crippen LogP contribution in [0.15, 0.2) is 212 Å². The monoisotopic (exact) mass is 777 g/mol. The summed E-state index contributed by atoms with van der Waals surface area (Å²) in [5.74, 6) is 0. The molecule has 0 aliphatic carbocycles. The summed E-state index contributed by atoms with van der Waals surface area (Å²) >= 11 is 0. The van der Waals surface area contributed by atoms with Crippen LogP contribution in [0, 0.1) is 0 Å². The lowest BCUT2D eigenvalue weighted by molar-refractivity contribution is 0.665. The topological polar surface area (TPSA) is 27.3 Å². The second-order valence-corrected chi connectivity index (χ2v) is 15.5. The first-order chi connectivity index (χ1) is 29.6. The number of nitrogens with zero attached hydrogens (tertiary/aromatic N) is 1. The van der Waals surface area contributed by atoms with Crippen LogP contribution in [0.3, 0.4) is 0 Å². The van der Waals surface area contributed by atoms with E-state index < -0.39 is 0 Å². The first-order valence-electron chi connectivity index (χ1n) is 21.3. The van der Waals surface area contributed by atoms with E-state index in [4.69, 9.17) is 0 Å². The number of para-hydroxylation sites is 1. The lowest BCUT2D eigenvalue weighted by Crippen LogP contribution is -2.31. The number of rotatable bonds is 8. The molecule has 0 aromatic heterocycles. The molecule has 0 saturated heterocycles. The summed E-state index contributed by atoms with van der Waals surface area (Å²) in [5.41, 5.74) is 13.4. The van der Waals surface area contributed by atoms with Gasteiger partial charge < -0.3 is 15.5 Å². The van der Waals surface area contributed by atoms with Gasteiger partial charge in [0.1, 0.15) is 0 Å². The van der Waals surface area contributed by atoms with Crippen LogP contribution in [0.1, 0.15) is 56.5 Å². The third kappa shape index (κ3) is 7.40. The zero-order valence-corrected chi connectivity index (χ0v) is 34.9. The molecule has 0 saturated carbocycles. The second kappa shape index (κ2) is 17.0. The van der Waals surface area contributed by atoms with Crippen molar-refractivity contribution >= 4 is 43.6 Å². The van der Waals surface area contributed by atoms with E-state index in [1.165, 1.54) is 93.8 Å². The molecular formula is C57H51N3. The zero-order valence-electron chi connectivity index (χ0n) is 34.9. The van der Waals surface area contributed by atoms with E-state index in [-0.39, 0.29) is 12.1 Å². The maximum absolute atomic E-state index is 3.68. The van der Waals surface area contributed by atoms with Gasteiger partial charge in [-0.15, -0.1) is 0 Å². The van der Waals surface area contributed by atoms with Gasteiger partial charge in [-0.25, -0.2) is 0 Å². The fourth-order valence-electron chi connectivity index (χ4n) is 8.95. The molecule has 3 heteroatoms. The third-order valence-electron chi connectivity index (χ3n) is 12.0. The molecule has 0 radical (unpaired) electrons. The lowest BCUT2D eigenvalue weighted by Gasteiger charge is -2.37. The Labute approximate surface area is 354 Å². The molecule has 294 valence electrons. The van der Waals surface area contributed by atoms with Gasteiger partial charge in [-0.1, -0.05) is 153 Å². The number of nitrogens with one attached hydrogen (secondary N) is 2.